The molecule has 9 N–H and O–H groups in total. The van der Waals surface area contributed by atoms with Gasteiger partial charge in [-0.05, 0) is 193 Å². The van der Waals surface area contributed by atoms with E-state index in [1.54, 1.807) is 0 Å². The van der Waals surface area contributed by atoms with Crippen molar-refractivity contribution in [2.24, 2.45) is 0 Å². The molecule has 0 spiro atoms. The number of carboxylic acid groups (broad SMARTS) is 6. The Hall–Kier alpha value is -4.86. The van der Waals surface area contributed by atoms with Gasteiger partial charge in [0.15, 0.2) is 0 Å². The molecular weight excluding hydrogens is 1570 g/mol. The molecule has 746 valence electrons. The number of aliphatic carboxylic acids is 6. The highest BCUT2D eigenvalue weighted by Gasteiger charge is 2.04. The van der Waals surface area contributed by atoms with Gasteiger partial charge in [0, 0.05) is 38.5 Å². The Morgan fingerprint density at radius 1 is 0.159 bits per heavy atom. The highest BCUT2D eigenvalue weighted by atomic mass is 16.4. The molecule has 0 aromatic heterocycles. The minimum atomic E-state index is -0.954. The van der Waals surface area contributed by atoms with Crippen LogP contribution in [-0.2, 0) is 28.8 Å². The van der Waals surface area contributed by atoms with E-state index in [9.17, 15) is 28.8 Å². The standard InChI is InChI=1S/6C18H34O2.C3H8O3/c6*1-2-3-4-5-6-7-8-9-10-11-12-13-14-15-16-17-18(19)20;4-1-3(6)2-5/h6*9-10H,2-8,11-17H2,1H3,(H,19,20);3-6H,1-2H2/b6*10-9-;. The van der Waals surface area contributed by atoms with Crippen molar-refractivity contribution in [2.75, 3.05) is 13.2 Å². The molecule has 0 saturated heterocycles. The van der Waals surface area contributed by atoms with Crippen molar-refractivity contribution < 1.29 is 74.7 Å². The van der Waals surface area contributed by atoms with Crippen LogP contribution in [0.2, 0.25) is 0 Å². The van der Waals surface area contributed by atoms with E-state index in [0.717, 1.165) is 77.0 Å². The maximum absolute atomic E-state index is 10.3. The lowest BCUT2D eigenvalue weighted by atomic mass is 10.1. The Morgan fingerprint density at radius 3 is 0.325 bits per heavy atom. The predicted molar refractivity (Wildman–Crippen MR) is 543 cm³/mol. The third-order valence-corrected chi connectivity index (χ3v) is 22.3. The fourth-order valence-electron chi connectivity index (χ4n) is 14.1. The fourth-order valence-corrected chi connectivity index (χ4v) is 14.1. The maximum Gasteiger partial charge on any atom is 0.303 e. The van der Waals surface area contributed by atoms with Gasteiger partial charge in [-0.3, -0.25) is 28.8 Å². The van der Waals surface area contributed by atoms with E-state index in [1.165, 1.54) is 424 Å². The monoisotopic (exact) mass is 1790 g/mol. The predicted octanol–water partition coefficient (Wildman–Crippen LogP) is 35.0. The summed E-state index contributed by atoms with van der Waals surface area (Å²) in [5, 5.41) is 75.1. The number of aliphatic hydroxyl groups excluding tert-OH is 3. The molecular formula is C111H212O15. The van der Waals surface area contributed by atoms with Crippen LogP contribution < -0.4 is 0 Å². The average molecular weight is 1790 g/mol. The lowest BCUT2D eigenvalue weighted by Gasteiger charge is -1.99. The van der Waals surface area contributed by atoms with Gasteiger partial charge in [-0.25, -0.2) is 0 Å². The number of unbranched alkanes of at least 4 members (excludes halogenated alkanes) is 66. The van der Waals surface area contributed by atoms with Crippen molar-refractivity contribution in [3.63, 3.8) is 0 Å². The van der Waals surface area contributed by atoms with Gasteiger partial charge in [0.25, 0.3) is 0 Å². The van der Waals surface area contributed by atoms with Gasteiger partial charge < -0.3 is 46.0 Å². The molecule has 0 aliphatic carbocycles. The topological polar surface area (TPSA) is 284 Å². The summed E-state index contributed by atoms with van der Waals surface area (Å²) in [5.74, 6) is -3.99. The first-order valence-electron chi connectivity index (χ1n) is 53.5. The molecule has 15 nitrogen and oxygen atoms in total. The van der Waals surface area contributed by atoms with Crippen molar-refractivity contribution in [1.82, 2.24) is 0 Å². The van der Waals surface area contributed by atoms with E-state index in [4.69, 9.17) is 46.0 Å². The van der Waals surface area contributed by atoms with Crippen LogP contribution >= 0.6 is 0 Å². The Morgan fingerprint density at radius 2 is 0.246 bits per heavy atom. The first-order chi connectivity index (χ1) is 61.4. The van der Waals surface area contributed by atoms with Crippen LogP contribution in [0.5, 0.6) is 0 Å². The Balaban J connectivity index is -0.000000266. The van der Waals surface area contributed by atoms with Gasteiger partial charge >= 0.3 is 35.8 Å². The zero-order valence-corrected chi connectivity index (χ0v) is 83.8. The van der Waals surface area contributed by atoms with Crippen LogP contribution in [0.25, 0.3) is 0 Å². The second kappa shape index (κ2) is 131. The van der Waals surface area contributed by atoms with Crippen LogP contribution in [0.4, 0.5) is 0 Å². The average Bonchev–Trinajstić information content (AvgIpc) is 1.12. The van der Waals surface area contributed by atoms with Crippen molar-refractivity contribution >= 4 is 35.8 Å². The SMILES string of the molecule is CCCCCCCC/C=C\CCCCCCCC(=O)O.CCCCCCCC/C=C\CCCCCCCC(=O)O.CCCCCCCC/C=C\CCCCCCCC(=O)O.CCCCCCCC/C=C\CCCCCCCC(=O)O.CCCCCCCC/C=C\CCCCCCCC(=O)O.CCCCCCCC/C=C\CCCCCCCC(=O)O.OCC(O)CO. The molecule has 0 aliphatic rings. The molecule has 0 atom stereocenters. The minimum absolute atomic E-state index is 0.332. The molecule has 0 fully saturated rings. The Bertz CT molecular complexity index is 1880. The summed E-state index contributed by atoms with van der Waals surface area (Å²) >= 11 is 0. The molecule has 0 rings (SSSR count). The smallest absolute Gasteiger partial charge is 0.303 e. The molecule has 15 heteroatoms. The number of hydrogen-bond acceptors (Lipinski definition) is 9. The summed E-state index contributed by atoms with van der Waals surface area (Å²) in [7, 11) is 0. The van der Waals surface area contributed by atoms with Gasteiger partial charge in [0.05, 0.1) is 13.2 Å². The third kappa shape index (κ3) is 163. The van der Waals surface area contributed by atoms with Crippen LogP contribution in [0.15, 0.2) is 72.9 Å². The Kier molecular flexibility index (Phi) is 139. The largest absolute Gasteiger partial charge is 0.481 e. The molecule has 0 heterocycles. The van der Waals surface area contributed by atoms with Gasteiger partial charge in [0.2, 0.25) is 0 Å². The highest BCUT2D eigenvalue weighted by molar-refractivity contribution is 5.68. The summed E-state index contributed by atoms with van der Waals surface area (Å²) in [6, 6.07) is 0. The fraction of sp³-hybridized carbons (Fsp3) is 0.838. The quantitative estimate of drug-likeness (QED) is 0.0202. The number of carbonyl (C=O) groups is 6. The van der Waals surface area contributed by atoms with E-state index in [0.29, 0.717) is 38.5 Å². The molecule has 0 radical (unpaired) electrons. The first-order valence-corrected chi connectivity index (χ1v) is 53.5. The lowest BCUT2D eigenvalue weighted by Crippen LogP contribution is -2.15. The van der Waals surface area contributed by atoms with Crippen molar-refractivity contribution in [2.45, 2.75) is 587 Å². The third-order valence-electron chi connectivity index (χ3n) is 22.3. The van der Waals surface area contributed by atoms with E-state index in [1.807, 2.05) is 0 Å². The summed E-state index contributed by atoms with van der Waals surface area (Å²) in [6.07, 6.45) is 126. The van der Waals surface area contributed by atoms with Gasteiger partial charge in [-0.1, -0.05) is 423 Å². The van der Waals surface area contributed by atoms with E-state index >= 15 is 0 Å². The van der Waals surface area contributed by atoms with Crippen molar-refractivity contribution in [3.8, 4) is 0 Å². The van der Waals surface area contributed by atoms with E-state index in [2.05, 4.69) is 114 Å². The normalized spacial score (nSPS) is 11.2. The minimum Gasteiger partial charge on any atom is -0.481 e. The maximum atomic E-state index is 10.3. The van der Waals surface area contributed by atoms with Crippen molar-refractivity contribution in [1.29, 1.82) is 0 Å². The van der Waals surface area contributed by atoms with Gasteiger partial charge in [-0.2, -0.15) is 0 Å². The molecule has 126 heavy (non-hydrogen) atoms. The number of hydrogen-bond donors (Lipinski definition) is 9. The van der Waals surface area contributed by atoms with E-state index in [-0.39, 0.29) is 13.2 Å². The Labute approximate surface area is 779 Å². The molecule has 0 aliphatic heterocycles. The molecule has 0 saturated carbocycles. The molecule has 0 aromatic rings. The van der Waals surface area contributed by atoms with Gasteiger partial charge in [-0.15, -0.1) is 0 Å². The van der Waals surface area contributed by atoms with Crippen molar-refractivity contribution in [3.05, 3.63) is 72.9 Å². The second-order valence-electron chi connectivity index (χ2n) is 35.4. The van der Waals surface area contributed by atoms with Crippen LogP contribution in [0.3, 0.4) is 0 Å². The molecule has 0 amide bonds. The number of rotatable bonds is 92. The van der Waals surface area contributed by atoms with Crippen LogP contribution in [-0.4, -0.2) is 101 Å². The summed E-state index contributed by atoms with van der Waals surface area (Å²) in [5.41, 5.74) is 0. The highest BCUT2D eigenvalue weighted by Crippen LogP contribution is 2.18. The van der Waals surface area contributed by atoms with Gasteiger partial charge in [0.1, 0.15) is 6.10 Å². The number of aliphatic hydroxyl groups is 3. The zero-order valence-electron chi connectivity index (χ0n) is 83.8. The zero-order chi connectivity index (χ0) is 94.3. The van der Waals surface area contributed by atoms with Crippen LogP contribution in [0.1, 0.15) is 581 Å². The summed E-state index contributed by atoms with van der Waals surface area (Å²) < 4.78 is 0. The summed E-state index contributed by atoms with van der Waals surface area (Å²) in [6.45, 7) is 12.8. The number of allylic oxidation sites excluding steroid dienone is 12. The number of carboxylic acids is 6. The molecule has 0 aromatic carbocycles. The van der Waals surface area contributed by atoms with Crippen LogP contribution in [0, 0.1) is 0 Å². The van der Waals surface area contributed by atoms with E-state index < -0.39 is 41.9 Å². The second-order valence-corrected chi connectivity index (χ2v) is 35.4. The molecule has 0 bridgehead atoms. The lowest BCUT2D eigenvalue weighted by molar-refractivity contribution is -0.138. The first kappa shape index (κ1) is 134. The summed E-state index contributed by atoms with van der Waals surface area (Å²) in [4.78, 5) is 61.9. The molecule has 0 unspecified atom stereocenters.